The Kier molecular flexibility index (Phi) is 3.99. The van der Waals surface area contributed by atoms with E-state index in [-0.39, 0.29) is 16.4 Å². The number of nitrogens with one attached hydrogen (secondary N) is 1. The third-order valence-corrected chi connectivity index (χ3v) is 2.72. The van der Waals surface area contributed by atoms with Crippen molar-refractivity contribution in [3.63, 3.8) is 0 Å². The van der Waals surface area contributed by atoms with E-state index in [0.29, 0.717) is 5.56 Å². The summed E-state index contributed by atoms with van der Waals surface area (Å²) in [6.07, 6.45) is 1.33. The van der Waals surface area contributed by atoms with Crippen molar-refractivity contribution in [1.82, 2.24) is 4.98 Å². The number of anilines is 1. The summed E-state index contributed by atoms with van der Waals surface area (Å²) >= 11 is 4.75. The molecule has 7 heteroatoms. The van der Waals surface area contributed by atoms with Gasteiger partial charge in [-0.3, -0.25) is 9.78 Å². The van der Waals surface area contributed by atoms with Crippen LogP contribution in [0.5, 0.6) is 0 Å². The average molecular weight is 293 g/mol. The molecule has 0 spiro atoms. The Bertz CT molecular complexity index is 674. The molecular formula is C13H9F2N3OS. The summed E-state index contributed by atoms with van der Waals surface area (Å²) in [4.78, 5) is 15.8. The van der Waals surface area contributed by atoms with Crippen molar-refractivity contribution in [2.75, 3.05) is 5.32 Å². The average Bonchev–Trinajstić information content (AvgIpc) is 2.44. The van der Waals surface area contributed by atoms with Crippen molar-refractivity contribution in [2.45, 2.75) is 0 Å². The standard InChI is InChI=1S/C13H9F2N3OS/c14-8-2-1-3-9(11(8)15)18-13(19)10-5-4-7(6-17-10)12(16)20/h1-6H,(H2,16,20)(H,18,19). The van der Waals surface area contributed by atoms with Gasteiger partial charge >= 0.3 is 0 Å². The van der Waals surface area contributed by atoms with E-state index in [2.05, 4.69) is 10.3 Å². The second-order valence-electron chi connectivity index (χ2n) is 3.85. The summed E-state index contributed by atoms with van der Waals surface area (Å²) in [5.74, 6) is -2.83. The molecule has 2 aromatic rings. The van der Waals surface area contributed by atoms with E-state index in [0.717, 1.165) is 6.07 Å². The van der Waals surface area contributed by atoms with Crippen LogP contribution < -0.4 is 11.1 Å². The number of hydrogen-bond donors (Lipinski definition) is 2. The van der Waals surface area contributed by atoms with Crippen molar-refractivity contribution < 1.29 is 13.6 Å². The fourth-order valence-corrected chi connectivity index (χ4v) is 1.58. The van der Waals surface area contributed by atoms with Gasteiger partial charge in [0.25, 0.3) is 5.91 Å². The summed E-state index contributed by atoms with van der Waals surface area (Å²) in [5, 5.41) is 2.24. The van der Waals surface area contributed by atoms with Crippen molar-refractivity contribution in [3.8, 4) is 0 Å². The smallest absolute Gasteiger partial charge is 0.274 e. The molecule has 0 saturated carbocycles. The second kappa shape index (κ2) is 5.70. The molecule has 0 saturated heterocycles. The minimum atomic E-state index is -1.12. The van der Waals surface area contributed by atoms with Crippen LogP contribution in [0.25, 0.3) is 0 Å². The number of rotatable bonds is 3. The number of carbonyl (C=O) groups is 1. The number of nitrogens with two attached hydrogens (primary N) is 1. The summed E-state index contributed by atoms with van der Waals surface area (Å²) in [5.41, 5.74) is 5.69. The predicted molar refractivity (Wildman–Crippen MR) is 74.4 cm³/mol. The molecule has 1 aromatic heterocycles. The van der Waals surface area contributed by atoms with Gasteiger partial charge in [-0.05, 0) is 24.3 Å². The maximum absolute atomic E-state index is 13.4. The largest absolute Gasteiger partial charge is 0.389 e. The van der Waals surface area contributed by atoms with Crippen LogP contribution in [0.1, 0.15) is 16.1 Å². The number of aromatic nitrogens is 1. The number of halogens is 2. The first-order valence-corrected chi connectivity index (χ1v) is 5.91. The van der Waals surface area contributed by atoms with Crippen molar-refractivity contribution in [3.05, 3.63) is 59.4 Å². The minimum Gasteiger partial charge on any atom is -0.389 e. The van der Waals surface area contributed by atoms with E-state index in [1.807, 2.05) is 0 Å². The van der Waals surface area contributed by atoms with Gasteiger partial charge in [0, 0.05) is 11.8 Å². The van der Waals surface area contributed by atoms with E-state index >= 15 is 0 Å². The van der Waals surface area contributed by atoms with E-state index < -0.39 is 17.5 Å². The van der Waals surface area contributed by atoms with Crippen molar-refractivity contribution in [2.24, 2.45) is 5.73 Å². The Balaban J connectivity index is 2.20. The zero-order valence-electron chi connectivity index (χ0n) is 10.1. The highest BCUT2D eigenvalue weighted by atomic mass is 32.1. The molecule has 0 atom stereocenters. The predicted octanol–water partition coefficient (Wildman–Crippen LogP) is 2.25. The number of benzene rings is 1. The molecule has 20 heavy (non-hydrogen) atoms. The molecule has 3 N–H and O–H groups in total. The van der Waals surface area contributed by atoms with Gasteiger partial charge in [-0.2, -0.15) is 0 Å². The number of pyridine rings is 1. The van der Waals surface area contributed by atoms with Gasteiger partial charge in [0.05, 0.1) is 5.69 Å². The van der Waals surface area contributed by atoms with Crippen LogP contribution in [0.2, 0.25) is 0 Å². The van der Waals surface area contributed by atoms with Gasteiger partial charge in [-0.15, -0.1) is 0 Å². The lowest BCUT2D eigenvalue weighted by Crippen LogP contribution is -2.16. The number of carbonyl (C=O) groups excluding carboxylic acids is 1. The van der Waals surface area contributed by atoms with Crippen LogP contribution >= 0.6 is 12.2 Å². The Morgan fingerprint density at radius 2 is 2.00 bits per heavy atom. The number of amides is 1. The van der Waals surface area contributed by atoms with Crippen molar-refractivity contribution in [1.29, 1.82) is 0 Å². The summed E-state index contributed by atoms with van der Waals surface area (Å²) in [6, 6.07) is 6.41. The first kappa shape index (κ1) is 14.0. The Morgan fingerprint density at radius 3 is 2.60 bits per heavy atom. The molecule has 1 heterocycles. The highest BCUT2D eigenvalue weighted by Crippen LogP contribution is 2.17. The van der Waals surface area contributed by atoms with E-state index in [9.17, 15) is 13.6 Å². The SMILES string of the molecule is NC(=S)c1ccc(C(=O)Nc2cccc(F)c2F)nc1. The number of hydrogen-bond acceptors (Lipinski definition) is 3. The van der Waals surface area contributed by atoms with Gasteiger partial charge in [-0.1, -0.05) is 18.3 Å². The van der Waals surface area contributed by atoms with Gasteiger partial charge < -0.3 is 11.1 Å². The van der Waals surface area contributed by atoms with Gasteiger partial charge in [0.15, 0.2) is 11.6 Å². The normalized spacial score (nSPS) is 10.1. The zero-order valence-corrected chi connectivity index (χ0v) is 10.9. The van der Waals surface area contributed by atoms with Crippen LogP contribution in [0.3, 0.4) is 0 Å². The fourth-order valence-electron chi connectivity index (χ4n) is 1.46. The summed E-state index contributed by atoms with van der Waals surface area (Å²) in [7, 11) is 0. The highest BCUT2D eigenvalue weighted by molar-refractivity contribution is 7.80. The van der Waals surface area contributed by atoms with Gasteiger partial charge in [0.2, 0.25) is 0 Å². The third kappa shape index (κ3) is 2.94. The van der Waals surface area contributed by atoms with Crippen LogP contribution in [-0.4, -0.2) is 15.9 Å². The topological polar surface area (TPSA) is 68.0 Å². The highest BCUT2D eigenvalue weighted by Gasteiger charge is 2.13. The van der Waals surface area contributed by atoms with Gasteiger partial charge in [0.1, 0.15) is 10.7 Å². The lowest BCUT2D eigenvalue weighted by molar-refractivity contribution is 0.102. The van der Waals surface area contributed by atoms with E-state index in [1.54, 1.807) is 0 Å². The molecule has 0 aliphatic carbocycles. The molecule has 1 aromatic carbocycles. The van der Waals surface area contributed by atoms with Crippen LogP contribution in [0.4, 0.5) is 14.5 Å². The summed E-state index contributed by atoms with van der Waals surface area (Å²) in [6.45, 7) is 0. The molecule has 0 aliphatic rings. The van der Waals surface area contributed by atoms with Gasteiger partial charge in [-0.25, -0.2) is 8.78 Å². The molecule has 102 valence electrons. The lowest BCUT2D eigenvalue weighted by atomic mass is 10.2. The lowest BCUT2D eigenvalue weighted by Gasteiger charge is -2.06. The van der Waals surface area contributed by atoms with E-state index in [4.69, 9.17) is 18.0 Å². The van der Waals surface area contributed by atoms with Crippen LogP contribution in [-0.2, 0) is 0 Å². The maximum atomic E-state index is 13.4. The zero-order chi connectivity index (χ0) is 14.7. The van der Waals surface area contributed by atoms with Crippen LogP contribution in [0.15, 0.2) is 36.5 Å². The summed E-state index contributed by atoms with van der Waals surface area (Å²) < 4.78 is 26.4. The molecule has 0 aliphatic heterocycles. The number of thiocarbonyl (C=S) groups is 1. The molecule has 0 unspecified atom stereocenters. The van der Waals surface area contributed by atoms with E-state index in [1.165, 1.54) is 30.5 Å². The molecule has 1 amide bonds. The quantitative estimate of drug-likeness (QED) is 0.852. The first-order chi connectivity index (χ1) is 9.49. The maximum Gasteiger partial charge on any atom is 0.274 e. The Morgan fingerprint density at radius 1 is 1.25 bits per heavy atom. The molecule has 2 rings (SSSR count). The van der Waals surface area contributed by atoms with Crippen LogP contribution in [0, 0.1) is 11.6 Å². The monoisotopic (exact) mass is 293 g/mol. The van der Waals surface area contributed by atoms with Crippen molar-refractivity contribution >= 4 is 28.8 Å². The molecular weight excluding hydrogens is 284 g/mol. The Hall–Kier alpha value is -2.41. The first-order valence-electron chi connectivity index (χ1n) is 5.50. The second-order valence-corrected chi connectivity index (χ2v) is 4.29. The minimum absolute atomic E-state index is 0.0358. The third-order valence-electron chi connectivity index (χ3n) is 2.48. The molecule has 0 fully saturated rings. The molecule has 0 bridgehead atoms. The molecule has 0 radical (unpaired) electrons. The Labute approximate surface area is 118 Å². The number of nitrogens with zero attached hydrogens (tertiary/aromatic N) is 1. The fraction of sp³-hybridized carbons (Fsp3) is 0. The molecule has 4 nitrogen and oxygen atoms in total.